The Hall–Kier alpha value is -3.19. The highest BCUT2D eigenvalue weighted by molar-refractivity contribution is 6.45. The number of nitrogens with zero attached hydrogens (tertiary/aromatic N) is 2. The Kier molecular flexibility index (Phi) is 9.03. The van der Waals surface area contributed by atoms with Gasteiger partial charge >= 0.3 is 0 Å². The molecule has 0 aromatic heterocycles. The van der Waals surface area contributed by atoms with E-state index in [2.05, 4.69) is 34.7 Å². The van der Waals surface area contributed by atoms with Gasteiger partial charge in [0.1, 0.15) is 19.4 Å². The van der Waals surface area contributed by atoms with Crippen molar-refractivity contribution in [3.05, 3.63) is 70.3 Å². The number of hydrogen-bond donors (Lipinski definition) is 1. The zero-order valence-corrected chi connectivity index (χ0v) is 18.2. The number of likely N-dealkylation sites (N-methyl/N-ethyl adjacent to an activating group) is 1. The van der Waals surface area contributed by atoms with Crippen molar-refractivity contribution in [3.8, 4) is 0 Å². The minimum absolute atomic E-state index is 0.169. The highest BCUT2D eigenvalue weighted by Gasteiger charge is 2.19. The molecule has 0 heterocycles. The lowest BCUT2D eigenvalue weighted by molar-refractivity contribution is -0.114. The third-order valence-electron chi connectivity index (χ3n) is 4.62. The number of rotatable bonds is 10. The number of aryl methyl sites for hydroxylation is 2. The molecule has 0 saturated heterocycles. The molecule has 30 heavy (non-hydrogen) atoms. The lowest BCUT2D eigenvalue weighted by Crippen LogP contribution is -2.29. The first kappa shape index (κ1) is 23.1. The molecule has 7 heteroatoms. The van der Waals surface area contributed by atoms with E-state index in [1.165, 1.54) is 12.7 Å². The van der Waals surface area contributed by atoms with E-state index in [1.54, 1.807) is 14.2 Å². The molecular formula is C23H29N3O4. The van der Waals surface area contributed by atoms with Crippen molar-refractivity contribution < 1.29 is 19.2 Å². The number of hydrogen-bond acceptors (Lipinski definition) is 6. The van der Waals surface area contributed by atoms with Crippen molar-refractivity contribution in [2.45, 2.75) is 26.9 Å². The zero-order valence-electron chi connectivity index (χ0n) is 18.2. The molecule has 7 nitrogen and oxygen atoms in total. The number of amides is 1. The van der Waals surface area contributed by atoms with E-state index in [-0.39, 0.29) is 18.2 Å². The van der Waals surface area contributed by atoms with Crippen LogP contribution in [0.15, 0.2) is 52.8 Å². The molecule has 2 aromatic carbocycles. The summed E-state index contributed by atoms with van der Waals surface area (Å²) < 4.78 is 5.30. The summed E-state index contributed by atoms with van der Waals surface area (Å²) in [6, 6.07) is 13.7. The predicted octanol–water partition coefficient (Wildman–Crippen LogP) is 3.22. The van der Waals surface area contributed by atoms with Crippen LogP contribution in [0.25, 0.3) is 0 Å². The molecule has 0 spiro atoms. The van der Waals surface area contributed by atoms with Crippen LogP contribution >= 0.6 is 0 Å². The summed E-state index contributed by atoms with van der Waals surface area (Å²) in [5.74, 6) is -0.344. The van der Waals surface area contributed by atoms with Gasteiger partial charge in [0.05, 0.1) is 6.61 Å². The molecule has 1 N–H and O–H groups in total. The molecule has 160 valence electrons. The minimum Gasteiger partial charge on any atom is -0.398 e. The molecular weight excluding hydrogens is 382 g/mol. The monoisotopic (exact) mass is 411 g/mol. The summed E-state index contributed by atoms with van der Waals surface area (Å²) in [5, 5.41) is 10.8. The summed E-state index contributed by atoms with van der Waals surface area (Å²) in [4.78, 5) is 22.9. The van der Waals surface area contributed by atoms with Crippen molar-refractivity contribution in [1.82, 2.24) is 5.32 Å². The second kappa shape index (κ2) is 11.7. The average Bonchev–Trinajstić information content (AvgIpc) is 2.77. The molecule has 0 unspecified atom stereocenters. The Labute approximate surface area is 177 Å². The van der Waals surface area contributed by atoms with Crippen LogP contribution in [0.3, 0.4) is 0 Å². The molecule has 0 aliphatic heterocycles. The maximum atomic E-state index is 12.3. The van der Waals surface area contributed by atoms with E-state index < -0.39 is 0 Å². The average molecular weight is 412 g/mol. The van der Waals surface area contributed by atoms with Crippen molar-refractivity contribution in [1.29, 1.82) is 0 Å². The van der Waals surface area contributed by atoms with Crippen LogP contribution in [0.1, 0.15) is 34.7 Å². The Balaban J connectivity index is 2.33. The Morgan fingerprint density at radius 3 is 2.53 bits per heavy atom. The van der Waals surface area contributed by atoms with Crippen LogP contribution in [0.5, 0.6) is 0 Å². The zero-order chi connectivity index (χ0) is 21.9. The summed E-state index contributed by atoms with van der Waals surface area (Å²) in [7, 11) is 4.57. The lowest BCUT2D eigenvalue weighted by atomic mass is 9.98. The summed E-state index contributed by atoms with van der Waals surface area (Å²) >= 11 is 0. The fraction of sp³-hybridized carbons (Fsp3) is 0.348. The summed E-state index contributed by atoms with van der Waals surface area (Å²) in [5.41, 5.74) is 5.43. The van der Waals surface area contributed by atoms with Gasteiger partial charge in [-0.05, 0) is 30.5 Å². The van der Waals surface area contributed by atoms with E-state index >= 15 is 0 Å². The Bertz CT molecular complexity index is 922. The van der Waals surface area contributed by atoms with Crippen LogP contribution in [-0.2, 0) is 32.2 Å². The largest absolute Gasteiger partial charge is 0.398 e. The maximum absolute atomic E-state index is 12.3. The van der Waals surface area contributed by atoms with Gasteiger partial charge in [0.15, 0.2) is 5.71 Å². The Morgan fingerprint density at radius 2 is 1.87 bits per heavy atom. The molecule has 1 amide bonds. The van der Waals surface area contributed by atoms with Crippen molar-refractivity contribution in [3.63, 3.8) is 0 Å². The Morgan fingerprint density at radius 1 is 1.10 bits per heavy atom. The predicted molar refractivity (Wildman–Crippen MR) is 118 cm³/mol. The number of benzene rings is 2. The van der Waals surface area contributed by atoms with E-state index in [0.29, 0.717) is 17.9 Å². The quantitative estimate of drug-likeness (QED) is 0.481. The van der Waals surface area contributed by atoms with Crippen LogP contribution in [-0.4, -0.2) is 45.2 Å². The first-order valence-corrected chi connectivity index (χ1v) is 9.74. The first-order chi connectivity index (χ1) is 14.5. The van der Waals surface area contributed by atoms with E-state index in [0.717, 1.165) is 23.1 Å². The molecule has 2 rings (SSSR count). The first-order valence-electron chi connectivity index (χ1n) is 9.74. The molecule has 0 saturated carbocycles. The topological polar surface area (TPSA) is 81.5 Å². The van der Waals surface area contributed by atoms with Gasteiger partial charge in [-0.1, -0.05) is 53.6 Å². The molecule has 0 fully saturated rings. The number of nitrogens with one attached hydrogen (secondary N) is 1. The van der Waals surface area contributed by atoms with Crippen LogP contribution in [0.4, 0.5) is 0 Å². The van der Waals surface area contributed by atoms with Gasteiger partial charge in [-0.15, -0.1) is 0 Å². The second-order valence-electron chi connectivity index (χ2n) is 6.60. The highest BCUT2D eigenvalue weighted by Crippen LogP contribution is 2.18. The number of ether oxygens (including phenoxy) is 1. The maximum Gasteiger partial charge on any atom is 0.273 e. The van der Waals surface area contributed by atoms with Crippen LogP contribution < -0.4 is 5.32 Å². The normalized spacial score (nSPS) is 11.9. The molecule has 0 radical (unpaired) electrons. The molecule has 2 aromatic rings. The fourth-order valence-corrected chi connectivity index (χ4v) is 2.98. The lowest BCUT2D eigenvalue weighted by Gasteiger charge is -2.13. The van der Waals surface area contributed by atoms with Crippen molar-refractivity contribution >= 4 is 17.3 Å². The van der Waals surface area contributed by atoms with Crippen molar-refractivity contribution in [2.24, 2.45) is 10.3 Å². The number of carbonyl (C=O) groups excluding carboxylic acids is 1. The van der Waals surface area contributed by atoms with E-state index in [4.69, 9.17) is 14.4 Å². The molecule has 0 aliphatic rings. The van der Waals surface area contributed by atoms with Gasteiger partial charge < -0.3 is 19.7 Å². The van der Waals surface area contributed by atoms with Crippen LogP contribution in [0, 0.1) is 6.92 Å². The van der Waals surface area contributed by atoms with Crippen molar-refractivity contribution in [2.75, 3.05) is 27.9 Å². The van der Waals surface area contributed by atoms with Gasteiger partial charge in [0.25, 0.3) is 5.91 Å². The van der Waals surface area contributed by atoms with Gasteiger partial charge in [-0.2, -0.15) is 0 Å². The number of oxime groups is 2. The highest BCUT2D eigenvalue weighted by atomic mass is 16.6. The number of methoxy groups -OCH3 is 1. The van der Waals surface area contributed by atoms with Gasteiger partial charge in [0.2, 0.25) is 0 Å². The third kappa shape index (κ3) is 5.90. The number of carbonyl (C=O) groups is 1. The SMILES string of the molecule is CCc1cccc(/C(COC)=N/OCc2c(C)cccc2/C(=N\OC)C(=O)NC)c1. The smallest absolute Gasteiger partial charge is 0.273 e. The minimum atomic E-state index is -0.344. The summed E-state index contributed by atoms with van der Waals surface area (Å²) in [6.45, 7) is 4.54. The van der Waals surface area contributed by atoms with Crippen LogP contribution in [0.2, 0.25) is 0 Å². The van der Waals surface area contributed by atoms with E-state index in [9.17, 15) is 4.79 Å². The third-order valence-corrected chi connectivity index (χ3v) is 4.62. The fourth-order valence-electron chi connectivity index (χ4n) is 2.98. The second-order valence-corrected chi connectivity index (χ2v) is 6.60. The molecule has 0 aliphatic carbocycles. The molecule has 0 bridgehead atoms. The standard InChI is InChI=1S/C23H29N3O4/c1-6-17-10-8-11-18(13-17)21(15-28-4)25-30-14-20-16(2)9-7-12-19(20)22(26-29-5)23(27)24-3/h7-13H,6,14-15H2,1-5H3,(H,24,27)/b25-21+,26-22+. The van der Waals surface area contributed by atoms with Gasteiger partial charge in [-0.25, -0.2) is 0 Å². The van der Waals surface area contributed by atoms with Gasteiger partial charge in [0, 0.05) is 30.8 Å². The van der Waals surface area contributed by atoms with E-state index in [1.807, 2.05) is 37.3 Å². The van der Waals surface area contributed by atoms with Gasteiger partial charge in [-0.3, -0.25) is 4.79 Å². The molecule has 0 atom stereocenters. The summed E-state index contributed by atoms with van der Waals surface area (Å²) in [6.07, 6.45) is 0.933.